The Morgan fingerprint density at radius 1 is 0.839 bits per heavy atom. The number of carbonyl (C=O) groups is 2. The van der Waals surface area contributed by atoms with E-state index in [9.17, 15) is 9.59 Å². The van der Waals surface area contributed by atoms with Gasteiger partial charge in [-0.05, 0) is 70.4 Å². The summed E-state index contributed by atoms with van der Waals surface area (Å²) in [6, 6.07) is 21.1. The van der Waals surface area contributed by atoms with Crippen LogP contribution in [-0.2, 0) is 11.2 Å². The maximum absolute atomic E-state index is 12.4. The molecule has 3 aromatic rings. The predicted octanol–water partition coefficient (Wildman–Crippen LogP) is 5.86. The summed E-state index contributed by atoms with van der Waals surface area (Å²) in [5.41, 5.74) is 1.89. The lowest BCUT2D eigenvalue weighted by molar-refractivity contribution is 0.0509. The van der Waals surface area contributed by atoms with Crippen molar-refractivity contribution in [3.05, 3.63) is 94.0 Å². The number of rotatable bonds is 9. The number of ether oxygens (including phenoxy) is 3. The van der Waals surface area contributed by atoms with Crippen LogP contribution in [0, 0.1) is 0 Å². The number of hydrogen-bond acceptors (Lipinski definition) is 5. The summed E-state index contributed by atoms with van der Waals surface area (Å²) in [5, 5.41) is 0. The first-order chi connectivity index (χ1) is 15.1. The molecule has 0 unspecified atom stereocenters. The Hall–Kier alpha value is -3.12. The summed E-state index contributed by atoms with van der Waals surface area (Å²) in [6.07, 6.45) is 1.55. The van der Waals surface area contributed by atoms with Gasteiger partial charge in [-0.15, -0.1) is 0 Å². The lowest BCUT2D eigenvalue weighted by atomic mass is 10.2. The molecule has 0 saturated carbocycles. The van der Waals surface area contributed by atoms with E-state index >= 15 is 0 Å². The van der Waals surface area contributed by atoms with Gasteiger partial charge in [-0.1, -0.05) is 37.3 Å². The van der Waals surface area contributed by atoms with Crippen molar-refractivity contribution in [3.63, 3.8) is 0 Å². The van der Waals surface area contributed by atoms with Gasteiger partial charge in [-0.25, -0.2) is 9.59 Å². The summed E-state index contributed by atoms with van der Waals surface area (Å²) in [4.78, 5) is 24.6. The van der Waals surface area contributed by atoms with Gasteiger partial charge in [0.05, 0.1) is 28.8 Å². The van der Waals surface area contributed by atoms with Crippen LogP contribution in [0.2, 0.25) is 0 Å². The fraction of sp³-hybridized carbons (Fsp3) is 0.200. The number of benzene rings is 3. The summed E-state index contributed by atoms with van der Waals surface area (Å²) in [6.45, 7) is 2.92. The fourth-order valence-corrected chi connectivity index (χ4v) is 3.26. The average Bonchev–Trinajstić information content (AvgIpc) is 2.79. The zero-order chi connectivity index (χ0) is 22.1. The first-order valence-corrected chi connectivity index (χ1v) is 10.8. The molecule has 0 aliphatic carbocycles. The summed E-state index contributed by atoms with van der Waals surface area (Å²) in [5.74, 6) is 0.100. The summed E-state index contributed by atoms with van der Waals surface area (Å²) < 4.78 is 17.0. The molecule has 5 nitrogen and oxygen atoms in total. The van der Waals surface area contributed by atoms with Crippen LogP contribution in [0.25, 0.3) is 0 Å². The molecule has 3 aromatic carbocycles. The molecule has 3 rings (SSSR count). The van der Waals surface area contributed by atoms with Crippen LogP contribution >= 0.6 is 15.9 Å². The Bertz CT molecular complexity index is 1020. The van der Waals surface area contributed by atoms with Crippen molar-refractivity contribution >= 4 is 27.9 Å². The van der Waals surface area contributed by atoms with E-state index in [0.29, 0.717) is 46.7 Å². The van der Waals surface area contributed by atoms with Gasteiger partial charge in [-0.2, -0.15) is 0 Å². The zero-order valence-corrected chi connectivity index (χ0v) is 18.8. The predicted molar refractivity (Wildman–Crippen MR) is 122 cm³/mol. The number of halogens is 1. The van der Waals surface area contributed by atoms with Gasteiger partial charge in [0.1, 0.15) is 11.5 Å². The van der Waals surface area contributed by atoms with Gasteiger partial charge in [-0.3, -0.25) is 0 Å². The van der Waals surface area contributed by atoms with Crippen molar-refractivity contribution < 1.29 is 23.8 Å². The third-order valence-corrected chi connectivity index (χ3v) is 5.02. The van der Waals surface area contributed by atoms with Gasteiger partial charge in [0, 0.05) is 6.42 Å². The van der Waals surface area contributed by atoms with Crippen LogP contribution in [0.15, 0.2) is 77.3 Å². The second-order valence-electron chi connectivity index (χ2n) is 6.78. The molecule has 0 aliphatic rings. The minimum atomic E-state index is -0.499. The first-order valence-electron chi connectivity index (χ1n) is 10.0. The third kappa shape index (κ3) is 6.69. The maximum Gasteiger partial charge on any atom is 0.343 e. The first kappa shape index (κ1) is 22.6. The highest BCUT2D eigenvalue weighted by molar-refractivity contribution is 9.10. The SMILES string of the molecule is CCCOc1ccc(C(=O)Oc2ccc(C(=O)OCCc3ccccc3)cc2)cc1Br. The summed E-state index contributed by atoms with van der Waals surface area (Å²) >= 11 is 3.41. The topological polar surface area (TPSA) is 61.8 Å². The van der Waals surface area contributed by atoms with Crippen LogP contribution in [0.5, 0.6) is 11.5 Å². The van der Waals surface area contributed by atoms with E-state index in [1.165, 1.54) is 0 Å². The largest absolute Gasteiger partial charge is 0.492 e. The molecule has 0 spiro atoms. The average molecular weight is 483 g/mol. The van der Waals surface area contributed by atoms with Gasteiger partial charge in [0.2, 0.25) is 0 Å². The van der Waals surface area contributed by atoms with Crippen molar-refractivity contribution in [3.8, 4) is 11.5 Å². The number of carbonyl (C=O) groups excluding carboxylic acids is 2. The molecule has 0 atom stereocenters. The van der Waals surface area contributed by atoms with E-state index < -0.39 is 11.9 Å². The molecular formula is C25H23BrO5. The minimum Gasteiger partial charge on any atom is -0.492 e. The van der Waals surface area contributed by atoms with Crippen molar-refractivity contribution in [1.29, 1.82) is 0 Å². The molecule has 31 heavy (non-hydrogen) atoms. The monoisotopic (exact) mass is 482 g/mol. The van der Waals surface area contributed by atoms with Crippen molar-refractivity contribution in [2.45, 2.75) is 19.8 Å². The Labute approximate surface area is 190 Å². The molecule has 0 radical (unpaired) electrons. The van der Waals surface area contributed by atoms with E-state index in [2.05, 4.69) is 15.9 Å². The number of hydrogen-bond donors (Lipinski definition) is 0. The second-order valence-corrected chi connectivity index (χ2v) is 7.63. The standard InChI is InChI=1S/C25H23BrO5/c1-2-15-29-23-13-10-20(17-22(23)26)25(28)31-21-11-8-19(9-12-21)24(27)30-16-14-18-6-4-3-5-7-18/h3-13,17H,2,14-16H2,1H3. The van der Waals surface area contributed by atoms with Crippen molar-refractivity contribution in [2.24, 2.45) is 0 Å². The lowest BCUT2D eigenvalue weighted by Crippen LogP contribution is -2.10. The van der Waals surface area contributed by atoms with Gasteiger partial charge < -0.3 is 14.2 Å². The van der Waals surface area contributed by atoms with Crippen molar-refractivity contribution in [1.82, 2.24) is 0 Å². The molecule has 160 valence electrons. The van der Waals surface area contributed by atoms with Crippen LogP contribution in [0.3, 0.4) is 0 Å². The molecule has 0 aromatic heterocycles. The lowest BCUT2D eigenvalue weighted by Gasteiger charge is -2.09. The van der Waals surface area contributed by atoms with Crippen LogP contribution in [0.1, 0.15) is 39.6 Å². The summed E-state index contributed by atoms with van der Waals surface area (Å²) in [7, 11) is 0. The van der Waals surface area contributed by atoms with E-state index in [1.807, 2.05) is 37.3 Å². The molecular weight excluding hydrogens is 460 g/mol. The van der Waals surface area contributed by atoms with Gasteiger partial charge in [0.25, 0.3) is 0 Å². The minimum absolute atomic E-state index is 0.298. The van der Waals surface area contributed by atoms with Gasteiger partial charge in [0.15, 0.2) is 0 Å². The highest BCUT2D eigenvalue weighted by atomic mass is 79.9. The molecule has 0 N–H and O–H groups in total. The zero-order valence-electron chi connectivity index (χ0n) is 17.2. The quantitative estimate of drug-likeness (QED) is 0.282. The Kier molecular flexibility index (Phi) is 8.24. The second kappa shape index (κ2) is 11.3. The van der Waals surface area contributed by atoms with Gasteiger partial charge >= 0.3 is 11.9 Å². The molecule has 0 amide bonds. The normalized spacial score (nSPS) is 10.4. The van der Waals surface area contributed by atoms with Crippen LogP contribution in [-0.4, -0.2) is 25.2 Å². The fourth-order valence-electron chi connectivity index (χ4n) is 2.77. The highest BCUT2D eigenvalue weighted by Crippen LogP contribution is 2.27. The van der Waals surface area contributed by atoms with E-state index in [0.717, 1.165) is 12.0 Å². The Morgan fingerprint density at radius 2 is 1.55 bits per heavy atom. The molecule has 6 heteroatoms. The Morgan fingerprint density at radius 3 is 2.23 bits per heavy atom. The van der Waals surface area contributed by atoms with Crippen LogP contribution < -0.4 is 9.47 Å². The van der Waals surface area contributed by atoms with E-state index in [1.54, 1.807) is 42.5 Å². The molecule has 0 bridgehead atoms. The van der Waals surface area contributed by atoms with Crippen molar-refractivity contribution in [2.75, 3.05) is 13.2 Å². The molecule has 0 aliphatic heterocycles. The molecule has 0 saturated heterocycles. The molecule has 0 heterocycles. The maximum atomic E-state index is 12.4. The Balaban J connectivity index is 1.53. The highest BCUT2D eigenvalue weighted by Gasteiger charge is 2.13. The smallest absolute Gasteiger partial charge is 0.343 e. The van der Waals surface area contributed by atoms with E-state index in [4.69, 9.17) is 14.2 Å². The number of esters is 2. The molecule has 0 fully saturated rings. The third-order valence-electron chi connectivity index (χ3n) is 4.40. The van der Waals surface area contributed by atoms with E-state index in [-0.39, 0.29) is 0 Å². The van der Waals surface area contributed by atoms with Crippen LogP contribution in [0.4, 0.5) is 0 Å².